The van der Waals surface area contributed by atoms with Crippen LogP contribution in [0.25, 0.3) is 0 Å². The van der Waals surface area contributed by atoms with Crippen LogP contribution in [0.1, 0.15) is 31.2 Å². The van der Waals surface area contributed by atoms with E-state index in [2.05, 4.69) is 18.2 Å². The van der Waals surface area contributed by atoms with E-state index in [0.717, 1.165) is 5.92 Å². The lowest BCUT2D eigenvalue weighted by atomic mass is 10.1. The van der Waals surface area contributed by atoms with E-state index in [1.54, 1.807) is 0 Å². The smallest absolute Gasteiger partial charge is 0.0149 e. The summed E-state index contributed by atoms with van der Waals surface area (Å²) < 4.78 is 0. The fraction of sp³-hybridized carbons (Fsp3) is 0.500. The highest BCUT2D eigenvalue weighted by Crippen LogP contribution is 2.33. The molecule has 0 saturated heterocycles. The van der Waals surface area contributed by atoms with Crippen LogP contribution in [0, 0.1) is 12.0 Å². The first-order valence-electron chi connectivity index (χ1n) is 4.91. The molecule has 0 N–H and O–H groups in total. The molecule has 1 saturated carbocycles. The zero-order valence-corrected chi connectivity index (χ0v) is 7.42. The molecule has 0 bridgehead atoms. The summed E-state index contributed by atoms with van der Waals surface area (Å²) in [5, 5.41) is 0. The second kappa shape index (κ2) is 3.75. The van der Waals surface area contributed by atoms with E-state index >= 15 is 0 Å². The number of aryl methyl sites for hydroxylation is 1. The van der Waals surface area contributed by atoms with Gasteiger partial charge in [-0.25, -0.2) is 0 Å². The van der Waals surface area contributed by atoms with Gasteiger partial charge >= 0.3 is 0 Å². The minimum Gasteiger partial charge on any atom is -0.0620 e. The molecule has 0 heterocycles. The Morgan fingerprint density at radius 3 is 2.92 bits per heavy atom. The molecule has 0 amide bonds. The maximum absolute atomic E-state index is 3.26. The summed E-state index contributed by atoms with van der Waals surface area (Å²) in [6, 6.07) is 11.6. The number of hydrogen-bond donors (Lipinski definition) is 0. The largest absolute Gasteiger partial charge is 0.0620 e. The molecule has 1 aliphatic rings. The van der Waals surface area contributed by atoms with E-state index in [0.29, 0.717) is 0 Å². The Kier molecular flexibility index (Phi) is 2.45. The monoisotopic (exact) mass is 159 g/mol. The summed E-state index contributed by atoms with van der Waals surface area (Å²) in [6.45, 7) is 0. The van der Waals surface area contributed by atoms with Gasteiger partial charge in [0, 0.05) is 0 Å². The first kappa shape index (κ1) is 7.85. The molecule has 1 fully saturated rings. The molecule has 0 spiro atoms. The van der Waals surface area contributed by atoms with Crippen LogP contribution in [0.4, 0.5) is 0 Å². The van der Waals surface area contributed by atoms with Gasteiger partial charge in [0.05, 0.1) is 0 Å². The topological polar surface area (TPSA) is 0 Å². The summed E-state index contributed by atoms with van der Waals surface area (Å²) in [7, 11) is 0. The van der Waals surface area contributed by atoms with Crippen molar-refractivity contribution in [1.29, 1.82) is 0 Å². The van der Waals surface area contributed by atoms with E-state index in [4.69, 9.17) is 0 Å². The quantitative estimate of drug-likeness (QED) is 0.632. The molecule has 12 heavy (non-hydrogen) atoms. The van der Waals surface area contributed by atoms with E-state index in [9.17, 15) is 0 Å². The van der Waals surface area contributed by atoms with Gasteiger partial charge in [-0.3, -0.25) is 0 Å². The Hall–Kier alpha value is -0.780. The third kappa shape index (κ3) is 2.37. The predicted molar refractivity (Wildman–Crippen MR) is 50.9 cm³/mol. The second-order valence-corrected chi connectivity index (χ2v) is 3.72. The van der Waals surface area contributed by atoms with Crippen molar-refractivity contribution in [1.82, 2.24) is 0 Å². The summed E-state index contributed by atoms with van der Waals surface area (Å²) in [5.74, 6) is 1.08. The van der Waals surface area contributed by atoms with Gasteiger partial charge < -0.3 is 0 Å². The molecule has 63 valence electrons. The van der Waals surface area contributed by atoms with Gasteiger partial charge in [-0.05, 0) is 30.4 Å². The van der Waals surface area contributed by atoms with Crippen molar-refractivity contribution in [3.63, 3.8) is 0 Å². The number of benzene rings is 1. The second-order valence-electron chi connectivity index (χ2n) is 3.72. The highest BCUT2D eigenvalue weighted by Gasteiger charge is 2.19. The molecule has 0 atom stereocenters. The van der Waals surface area contributed by atoms with E-state index in [-0.39, 0.29) is 0 Å². The van der Waals surface area contributed by atoms with E-state index in [1.165, 1.54) is 37.7 Å². The van der Waals surface area contributed by atoms with Crippen LogP contribution in [0.3, 0.4) is 0 Å². The van der Waals surface area contributed by atoms with Gasteiger partial charge in [-0.15, -0.1) is 0 Å². The SMILES string of the molecule is [c]1ccccc1CCCC1CC1. The lowest BCUT2D eigenvalue weighted by Gasteiger charge is -1.98. The molecule has 1 aromatic rings. The van der Waals surface area contributed by atoms with Crippen molar-refractivity contribution in [3.05, 3.63) is 35.9 Å². The molecule has 0 unspecified atom stereocenters. The minimum absolute atomic E-state index is 1.08. The van der Waals surface area contributed by atoms with Gasteiger partial charge in [0.2, 0.25) is 0 Å². The molecule has 1 radical (unpaired) electrons. The van der Waals surface area contributed by atoms with Crippen molar-refractivity contribution in [2.24, 2.45) is 5.92 Å². The van der Waals surface area contributed by atoms with Gasteiger partial charge in [-0.2, -0.15) is 0 Å². The summed E-state index contributed by atoms with van der Waals surface area (Å²) >= 11 is 0. The van der Waals surface area contributed by atoms with Crippen LogP contribution in [0.5, 0.6) is 0 Å². The Bertz CT molecular complexity index is 221. The third-order valence-corrected chi connectivity index (χ3v) is 2.53. The molecular formula is C12H15. The highest BCUT2D eigenvalue weighted by atomic mass is 14.3. The fourth-order valence-corrected chi connectivity index (χ4v) is 1.57. The normalized spacial score (nSPS) is 16.3. The zero-order valence-electron chi connectivity index (χ0n) is 7.42. The van der Waals surface area contributed by atoms with Crippen molar-refractivity contribution in [2.75, 3.05) is 0 Å². The standard InChI is InChI=1S/C12H15/c1-2-5-11(6-3-1)7-4-8-12-9-10-12/h1-3,5,12H,4,7-10H2. The van der Waals surface area contributed by atoms with Crippen LogP contribution in [-0.2, 0) is 6.42 Å². The van der Waals surface area contributed by atoms with Crippen LogP contribution < -0.4 is 0 Å². The molecule has 1 aliphatic carbocycles. The third-order valence-electron chi connectivity index (χ3n) is 2.53. The highest BCUT2D eigenvalue weighted by molar-refractivity contribution is 5.12. The Morgan fingerprint density at radius 2 is 2.25 bits per heavy atom. The first-order chi connectivity index (χ1) is 5.95. The summed E-state index contributed by atoms with van der Waals surface area (Å²) in [5.41, 5.74) is 1.37. The number of hydrogen-bond acceptors (Lipinski definition) is 0. The van der Waals surface area contributed by atoms with Crippen molar-refractivity contribution < 1.29 is 0 Å². The molecular weight excluding hydrogens is 144 g/mol. The Balaban J connectivity index is 1.72. The summed E-state index contributed by atoms with van der Waals surface area (Å²) in [6.07, 6.45) is 6.97. The molecule has 1 aromatic carbocycles. The Labute approximate surface area is 74.6 Å². The van der Waals surface area contributed by atoms with E-state index < -0.39 is 0 Å². The molecule has 2 rings (SSSR count). The van der Waals surface area contributed by atoms with Crippen LogP contribution in [0.15, 0.2) is 24.3 Å². The van der Waals surface area contributed by atoms with Crippen molar-refractivity contribution >= 4 is 0 Å². The molecule has 0 aliphatic heterocycles. The average molecular weight is 159 g/mol. The average Bonchev–Trinajstić information content (AvgIpc) is 2.90. The van der Waals surface area contributed by atoms with Gasteiger partial charge in [0.25, 0.3) is 0 Å². The van der Waals surface area contributed by atoms with Gasteiger partial charge in [-0.1, -0.05) is 43.5 Å². The van der Waals surface area contributed by atoms with Gasteiger partial charge in [0.1, 0.15) is 0 Å². The lowest BCUT2D eigenvalue weighted by molar-refractivity contribution is 0.666. The predicted octanol–water partition coefficient (Wildman–Crippen LogP) is 3.22. The van der Waals surface area contributed by atoms with Crippen molar-refractivity contribution in [3.8, 4) is 0 Å². The molecule has 0 heteroatoms. The fourth-order valence-electron chi connectivity index (χ4n) is 1.57. The minimum atomic E-state index is 1.08. The maximum Gasteiger partial charge on any atom is -0.0149 e. The van der Waals surface area contributed by atoms with Crippen molar-refractivity contribution in [2.45, 2.75) is 32.1 Å². The molecule has 0 nitrogen and oxygen atoms in total. The first-order valence-corrected chi connectivity index (χ1v) is 4.91. The van der Waals surface area contributed by atoms with Crippen LogP contribution >= 0.6 is 0 Å². The lowest BCUT2D eigenvalue weighted by Crippen LogP contribution is -1.85. The molecule has 0 aromatic heterocycles. The summed E-state index contributed by atoms with van der Waals surface area (Å²) in [4.78, 5) is 0. The van der Waals surface area contributed by atoms with Gasteiger partial charge in [0.15, 0.2) is 0 Å². The number of rotatable bonds is 4. The maximum atomic E-state index is 3.26. The zero-order chi connectivity index (χ0) is 8.23. The van der Waals surface area contributed by atoms with E-state index in [1.807, 2.05) is 12.1 Å². The Morgan fingerprint density at radius 1 is 1.33 bits per heavy atom. The van der Waals surface area contributed by atoms with Crippen LogP contribution in [-0.4, -0.2) is 0 Å². The van der Waals surface area contributed by atoms with Crippen LogP contribution in [0.2, 0.25) is 0 Å².